The predicted molar refractivity (Wildman–Crippen MR) is 67.0 cm³/mol. The van der Waals surface area contributed by atoms with Crippen molar-refractivity contribution in [3.8, 4) is 0 Å². The lowest BCUT2D eigenvalue weighted by Gasteiger charge is -2.22. The van der Waals surface area contributed by atoms with Crippen molar-refractivity contribution in [2.75, 3.05) is 19.6 Å². The highest BCUT2D eigenvalue weighted by molar-refractivity contribution is 5.79. The zero-order valence-corrected chi connectivity index (χ0v) is 10.7. The largest absolute Gasteiger partial charge is 0.342 e. The lowest BCUT2D eigenvalue weighted by molar-refractivity contribution is -0.134. The summed E-state index contributed by atoms with van der Waals surface area (Å²) in [7, 11) is 0. The van der Waals surface area contributed by atoms with Crippen molar-refractivity contribution >= 4 is 5.91 Å². The summed E-state index contributed by atoms with van der Waals surface area (Å²) in [5.74, 6) is 1.09. The Morgan fingerprint density at radius 3 is 2.75 bits per heavy atom. The molecule has 0 aromatic heterocycles. The van der Waals surface area contributed by atoms with Crippen LogP contribution in [0.4, 0.5) is 0 Å². The maximum Gasteiger partial charge on any atom is 0.226 e. The summed E-state index contributed by atoms with van der Waals surface area (Å²) in [4.78, 5) is 14.2. The number of hydrogen-bond donors (Lipinski definition) is 1. The Hall–Kier alpha value is -0.570. The molecule has 94 valence electrons. The summed E-state index contributed by atoms with van der Waals surface area (Å²) in [5.41, 5.74) is 5.67. The van der Waals surface area contributed by atoms with Gasteiger partial charge < -0.3 is 10.6 Å². The molecule has 3 nitrogen and oxygen atoms in total. The highest BCUT2D eigenvalue weighted by Gasteiger charge is 2.29. The summed E-state index contributed by atoms with van der Waals surface area (Å²) in [6, 6.07) is 0. The molecule has 0 aliphatic carbocycles. The molecular weight excluding hydrogens is 200 g/mol. The van der Waals surface area contributed by atoms with Crippen molar-refractivity contribution < 1.29 is 4.79 Å². The summed E-state index contributed by atoms with van der Waals surface area (Å²) in [6.45, 7) is 6.74. The molecule has 1 saturated heterocycles. The fraction of sp³-hybridized carbons (Fsp3) is 0.923. The number of rotatable bonds is 6. The van der Waals surface area contributed by atoms with E-state index in [1.807, 2.05) is 4.90 Å². The van der Waals surface area contributed by atoms with E-state index in [9.17, 15) is 4.79 Å². The fourth-order valence-corrected chi connectivity index (χ4v) is 2.63. The molecule has 0 saturated carbocycles. The zero-order chi connectivity index (χ0) is 12.0. The third-order valence-corrected chi connectivity index (χ3v) is 3.57. The lowest BCUT2D eigenvalue weighted by atomic mass is 10.0. The Balaban J connectivity index is 2.42. The van der Waals surface area contributed by atoms with Crippen molar-refractivity contribution in [3.63, 3.8) is 0 Å². The van der Waals surface area contributed by atoms with Crippen LogP contribution in [0.1, 0.15) is 46.0 Å². The van der Waals surface area contributed by atoms with E-state index >= 15 is 0 Å². The topological polar surface area (TPSA) is 46.3 Å². The van der Waals surface area contributed by atoms with Crippen LogP contribution in [0.5, 0.6) is 0 Å². The standard InChI is InChI=1S/C13H26N2O/c1-3-5-11-7-8-15(10-11)13(16)12(9-14)6-4-2/h11-12H,3-10,14H2,1-2H3. The third kappa shape index (κ3) is 3.48. The molecule has 1 amide bonds. The fourth-order valence-electron chi connectivity index (χ4n) is 2.63. The molecule has 2 unspecified atom stereocenters. The van der Waals surface area contributed by atoms with Crippen molar-refractivity contribution in [3.05, 3.63) is 0 Å². The van der Waals surface area contributed by atoms with E-state index in [2.05, 4.69) is 13.8 Å². The van der Waals surface area contributed by atoms with Gasteiger partial charge in [-0.1, -0.05) is 26.7 Å². The molecule has 1 aliphatic heterocycles. The quantitative estimate of drug-likeness (QED) is 0.753. The highest BCUT2D eigenvalue weighted by Crippen LogP contribution is 2.23. The van der Waals surface area contributed by atoms with Gasteiger partial charge in [-0.2, -0.15) is 0 Å². The molecule has 2 atom stereocenters. The van der Waals surface area contributed by atoms with E-state index in [4.69, 9.17) is 5.73 Å². The maximum absolute atomic E-state index is 12.2. The SMILES string of the molecule is CCCC1CCN(C(=O)C(CN)CCC)C1. The van der Waals surface area contributed by atoms with Gasteiger partial charge in [0, 0.05) is 19.6 Å². The molecule has 0 aromatic carbocycles. The van der Waals surface area contributed by atoms with Gasteiger partial charge in [0.05, 0.1) is 5.92 Å². The van der Waals surface area contributed by atoms with Crippen molar-refractivity contribution in [1.29, 1.82) is 0 Å². The van der Waals surface area contributed by atoms with Crippen molar-refractivity contribution in [1.82, 2.24) is 4.90 Å². The van der Waals surface area contributed by atoms with E-state index in [0.29, 0.717) is 12.5 Å². The van der Waals surface area contributed by atoms with Crippen LogP contribution in [-0.2, 0) is 4.79 Å². The summed E-state index contributed by atoms with van der Waals surface area (Å²) < 4.78 is 0. The normalized spacial score (nSPS) is 22.4. The van der Waals surface area contributed by atoms with Crippen LogP contribution in [0, 0.1) is 11.8 Å². The summed E-state index contributed by atoms with van der Waals surface area (Å²) in [6.07, 6.45) is 5.64. The van der Waals surface area contributed by atoms with Crippen LogP contribution in [-0.4, -0.2) is 30.4 Å². The third-order valence-electron chi connectivity index (χ3n) is 3.57. The molecule has 0 bridgehead atoms. The van der Waals surface area contributed by atoms with Gasteiger partial charge in [-0.3, -0.25) is 4.79 Å². The number of nitrogens with zero attached hydrogens (tertiary/aromatic N) is 1. The molecule has 0 spiro atoms. The average Bonchev–Trinajstić information content (AvgIpc) is 2.74. The minimum absolute atomic E-state index is 0.0605. The van der Waals surface area contributed by atoms with E-state index < -0.39 is 0 Å². The zero-order valence-electron chi connectivity index (χ0n) is 10.7. The summed E-state index contributed by atoms with van der Waals surface area (Å²) in [5, 5.41) is 0. The van der Waals surface area contributed by atoms with Gasteiger partial charge in [-0.25, -0.2) is 0 Å². The second kappa shape index (κ2) is 6.89. The summed E-state index contributed by atoms with van der Waals surface area (Å²) >= 11 is 0. The van der Waals surface area contributed by atoms with E-state index in [-0.39, 0.29) is 5.92 Å². The Bertz CT molecular complexity index is 218. The van der Waals surface area contributed by atoms with Crippen LogP contribution >= 0.6 is 0 Å². The second-order valence-corrected chi connectivity index (χ2v) is 4.95. The van der Waals surface area contributed by atoms with E-state index in [0.717, 1.165) is 31.8 Å². The highest BCUT2D eigenvalue weighted by atomic mass is 16.2. The van der Waals surface area contributed by atoms with Crippen LogP contribution in [0.15, 0.2) is 0 Å². The first-order chi connectivity index (χ1) is 7.72. The molecule has 1 rings (SSSR count). The number of hydrogen-bond acceptors (Lipinski definition) is 2. The Morgan fingerprint density at radius 1 is 1.44 bits per heavy atom. The van der Waals surface area contributed by atoms with Gasteiger partial charge in [0.2, 0.25) is 5.91 Å². The minimum atomic E-state index is 0.0605. The van der Waals surface area contributed by atoms with E-state index in [1.54, 1.807) is 0 Å². The molecular formula is C13H26N2O. The predicted octanol–water partition coefficient (Wildman–Crippen LogP) is 2.01. The maximum atomic E-state index is 12.2. The van der Waals surface area contributed by atoms with Crippen LogP contribution < -0.4 is 5.73 Å². The first-order valence-corrected chi connectivity index (χ1v) is 6.71. The van der Waals surface area contributed by atoms with Crippen molar-refractivity contribution in [2.45, 2.75) is 46.0 Å². The Kier molecular flexibility index (Phi) is 5.81. The molecule has 16 heavy (non-hydrogen) atoms. The number of amides is 1. The lowest BCUT2D eigenvalue weighted by Crippen LogP contribution is -2.37. The first kappa shape index (κ1) is 13.5. The van der Waals surface area contributed by atoms with Gasteiger partial charge in [-0.05, 0) is 25.2 Å². The minimum Gasteiger partial charge on any atom is -0.342 e. The average molecular weight is 226 g/mol. The molecule has 1 aliphatic rings. The molecule has 2 N–H and O–H groups in total. The van der Waals surface area contributed by atoms with Gasteiger partial charge in [0.1, 0.15) is 0 Å². The second-order valence-electron chi connectivity index (χ2n) is 4.95. The molecule has 0 radical (unpaired) electrons. The first-order valence-electron chi connectivity index (χ1n) is 6.71. The van der Waals surface area contributed by atoms with Gasteiger partial charge >= 0.3 is 0 Å². The number of likely N-dealkylation sites (tertiary alicyclic amines) is 1. The molecule has 0 aromatic rings. The van der Waals surface area contributed by atoms with Crippen LogP contribution in [0.3, 0.4) is 0 Å². The smallest absolute Gasteiger partial charge is 0.226 e. The molecule has 1 heterocycles. The number of carbonyl (C=O) groups is 1. The van der Waals surface area contributed by atoms with Gasteiger partial charge in [0.25, 0.3) is 0 Å². The number of carbonyl (C=O) groups excluding carboxylic acids is 1. The number of nitrogens with two attached hydrogens (primary N) is 1. The monoisotopic (exact) mass is 226 g/mol. The Labute approximate surface area is 99.4 Å². The van der Waals surface area contributed by atoms with Gasteiger partial charge in [-0.15, -0.1) is 0 Å². The van der Waals surface area contributed by atoms with Gasteiger partial charge in [0.15, 0.2) is 0 Å². The Morgan fingerprint density at radius 2 is 2.19 bits per heavy atom. The molecule has 3 heteroatoms. The van der Waals surface area contributed by atoms with Crippen LogP contribution in [0.2, 0.25) is 0 Å². The van der Waals surface area contributed by atoms with Crippen LogP contribution in [0.25, 0.3) is 0 Å². The molecule has 1 fully saturated rings. The van der Waals surface area contributed by atoms with Crippen molar-refractivity contribution in [2.24, 2.45) is 17.6 Å². The van der Waals surface area contributed by atoms with E-state index in [1.165, 1.54) is 19.3 Å².